The van der Waals surface area contributed by atoms with Gasteiger partial charge in [-0.05, 0) is 74.6 Å². The Morgan fingerprint density at radius 1 is 0.903 bits per heavy atom. The summed E-state index contributed by atoms with van der Waals surface area (Å²) in [4.78, 5) is 11.3. The van der Waals surface area contributed by atoms with Crippen molar-refractivity contribution in [3.05, 3.63) is 52.6 Å². The van der Waals surface area contributed by atoms with E-state index in [0.29, 0.717) is 29.8 Å². The number of nitrogens with zero attached hydrogens (tertiary/aromatic N) is 1. The summed E-state index contributed by atoms with van der Waals surface area (Å²) < 4.78 is 56.1. The normalized spacial score (nSPS) is 15.6. The largest absolute Gasteiger partial charge is 0.478 e. The van der Waals surface area contributed by atoms with Crippen LogP contribution in [-0.2, 0) is 20.0 Å². The molecule has 1 aliphatic heterocycles. The van der Waals surface area contributed by atoms with Crippen molar-refractivity contribution in [2.24, 2.45) is 0 Å². The highest BCUT2D eigenvalue weighted by Gasteiger charge is 2.28. The van der Waals surface area contributed by atoms with Gasteiger partial charge >= 0.3 is 5.97 Å². The molecule has 0 radical (unpaired) electrons. The first-order chi connectivity index (χ1) is 14.4. The third-order valence-corrected chi connectivity index (χ3v) is 9.08. The average Bonchev–Trinajstić information content (AvgIpc) is 2.71. The summed E-state index contributed by atoms with van der Waals surface area (Å²) in [5, 5.41) is 9.27. The van der Waals surface area contributed by atoms with Crippen LogP contribution in [0.5, 0.6) is 0 Å². The summed E-state index contributed by atoms with van der Waals surface area (Å²) in [6, 6.07) is 6.88. The first-order valence-electron chi connectivity index (χ1n) is 9.91. The summed E-state index contributed by atoms with van der Waals surface area (Å²) >= 11 is 0. The van der Waals surface area contributed by atoms with Crippen molar-refractivity contribution in [3.63, 3.8) is 0 Å². The van der Waals surface area contributed by atoms with Gasteiger partial charge in [0.1, 0.15) is 0 Å². The average molecular weight is 467 g/mol. The molecule has 8 nitrogen and oxygen atoms in total. The van der Waals surface area contributed by atoms with E-state index in [2.05, 4.69) is 4.72 Å². The van der Waals surface area contributed by atoms with Gasteiger partial charge < -0.3 is 5.11 Å². The van der Waals surface area contributed by atoms with Gasteiger partial charge in [0.2, 0.25) is 10.0 Å². The Labute approximate surface area is 183 Å². The maximum Gasteiger partial charge on any atom is 0.335 e. The molecule has 0 unspecified atom stereocenters. The van der Waals surface area contributed by atoms with Gasteiger partial charge in [0, 0.05) is 13.1 Å². The third kappa shape index (κ3) is 4.76. The minimum atomic E-state index is -4.14. The molecule has 1 saturated heterocycles. The second kappa shape index (κ2) is 8.60. The van der Waals surface area contributed by atoms with E-state index in [9.17, 15) is 26.7 Å². The van der Waals surface area contributed by atoms with Gasteiger partial charge in [0.15, 0.2) is 0 Å². The zero-order chi connectivity index (χ0) is 23.0. The van der Waals surface area contributed by atoms with Crippen molar-refractivity contribution in [1.29, 1.82) is 0 Å². The molecule has 10 heteroatoms. The molecule has 168 valence electrons. The number of aryl methyl sites for hydroxylation is 2. The number of carboxylic acid groups (broad SMARTS) is 1. The number of hydrogen-bond acceptors (Lipinski definition) is 5. The number of carbonyl (C=O) groups is 1. The van der Waals surface area contributed by atoms with Gasteiger partial charge in [-0.15, -0.1) is 0 Å². The third-order valence-electron chi connectivity index (χ3n) is 5.53. The van der Waals surface area contributed by atoms with E-state index < -0.39 is 26.0 Å². The lowest BCUT2D eigenvalue weighted by Gasteiger charge is -2.26. The molecule has 1 fully saturated rings. The Balaban J connectivity index is 2.00. The summed E-state index contributed by atoms with van der Waals surface area (Å²) in [5.41, 5.74) is 1.43. The zero-order valence-electron chi connectivity index (χ0n) is 17.7. The molecular weight excluding hydrogens is 440 g/mol. The number of sulfonamides is 2. The number of benzene rings is 2. The van der Waals surface area contributed by atoms with Gasteiger partial charge in [-0.2, -0.15) is 4.31 Å². The van der Waals surface area contributed by atoms with Crippen LogP contribution < -0.4 is 4.72 Å². The van der Waals surface area contributed by atoms with E-state index in [4.69, 9.17) is 0 Å². The number of nitrogens with one attached hydrogen (secondary N) is 1. The van der Waals surface area contributed by atoms with Crippen LogP contribution in [0.3, 0.4) is 0 Å². The summed E-state index contributed by atoms with van der Waals surface area (Å²) in [7, 11) is -7.89. The van der Waals surface area contributed by atoms with Gasteiger partial charge in [-0.1, -0.05) is 12.5 Å². The smallest absolute Gasteiger partial charge is 0.335 e. The van der Waals surface area contributed by atoms with Gasteiger partial charge in [-0.25, -0.2) is 21.6 Å². The highest BCUT2D eigenvalue weighted by Crippen LogP contribution is 2.28. The van der Waals surface area contributed by atoms with Gasteiger partial charge in [0.05, 0.1) is 21.0 Å². The second-order valence-corrected chi connectivity index (χ2v) is 11.3. The predicted octanol–water partition coefficient (Wildman–Crippen LogP) is 3.29. The van der Waals surface area contributed by atoms with E-state index in [1.54, 1.807) is 26.8 Å². The van der Waals surface area contributed by atoms with Crippen molar-refractivity contribution in [1.82, 2.24) is 4.31 Å². The summed E-state index contributed by atoms with van der Waals surface area (Å²) in [6.45, 7) is 5.78. The first kappa shape index (κ1) is 23.2. The number of rotatable bonds is 6. The Hall–Kier alpha value is -2.43. The van der Waals surface area contributed by atoms with Gasteiger partial charge in [0.25, 0.3) is 10.0 Å². The molecule has 2 aromatic rings. The molecule has 3 rings (SSSR count). The molecule has 0 aromatic heterocycles. The van der Waals surface area contributed by atoms with Crippen LogP contribution >= 0.6 is 0 Å². The van der Waals surface area contributed by atoms with E-state index in [1.807, 2.05) is 0 Å². The van der Waals surface area contributed by atoms with Crippen LogP contribution in [0, 0.1) is 20.8 Å². The molecule has 0 aliphatic carbocycles. The fourth-order valence-electron chi connectivity index (χ4n) is 3.63. The molecule has 0 amide bonds. The van der Waals surface area contributed by atoms with Crippen LogP contribution in [0.2, 0.25) is 0 Å². The molecule has 1 aliphatic rings. The fourth-order valence-corrected chi connectivity index (χ4v) is 6.79. The lowest BCUT2D eigenvalue weighted by Crippen LogP contribution is -2.36. The standard InChI is InChI=1S/C21H26N2O6S2/c1-14-7-8-18(13-19(14)31(28,29)23-9-5-4-6-10-23)22-30(26,27)20-12-17(21(24)25)11-15(2)16(20)3/h7-8,11-13,22H,4-6,9-10H2,1-3H3,(H,24,25). The molecule has 0 bridgehead atoms. The van der Waals surface area contributed by atoms with Crippen LogP contribution in [0.15, 0.2) is 40.1 Å². The van der Waals surface area contributed by atoms with Crippen molar-refractivity contribution in [2.75, 3.05) is 17.8 Å². The number of anilines is 1. The van der Waals surface area contributed by atoms with Crippen LogP contribution in [-0.4, -0.2) is 45.3 Å². The van der Waals surface area contributed by atoms with E-state index >= 15 is 0 Å². The van der Waals surface area contributed by atoms with Crippen molar-refractivity contribution in [3.8, 4) is 0 Å². The van der Waals surface area contributed by atoms with Crippen molar-refractivity contribution < 1.29 is 26.7 Å². The Bertz CT molecular complexity index is 1230. The minimum absolute atomic E-state index is 0.0572. The maximum absolute atomic E-state index is 13.1. The fraction of sp³-hybridized carbons (Fsp3) is 0.381. The molecule has 1 heterocycles. The first-order valence-corrected chi connectivity index (χ1v) is 12.8. The maximum atomic E-state index is 13.1. The molecule has 0 saturated carbocycles. The van der Waals surface area contributed by atoms with E-state index in [0.717, 1.165) is 25.3 Å². The van der Waals surface area contributed by atoms with Crippen molar-refractivity contribution >= 4 is 31.7 Å². The van der Waals surface area contributed by atoms with Crippen LogP contribution in [0.4, 0.5) is 5.69 Å². The predicted molar refractivity (Wildman–Crippen MR) is 117 cm³/mol. The summed E-state index contributed by atoms with van der Waals surface area (Å²) in [5.74, 6) is -1.23. The van der Waals surface area contributed by atoms with Gasteiger partial charge in [-0.3, -0.25) is 4.72 Å². The lowest BCUT2D eigenvalue weighted by atomic mass is 10.1. The zero-order valence-corrected chi connectivity index (χ0v) is 19.3. The monoisotopic (exact) mass is 466 g/mol. The second-order valence-electron chi connectivity index (χ2n) is 7.77. The minimum Gasteiger partial charge on any atom is -0.478 e. The van der Waals surface area contributed by atoms with Crippen LogP contribution in [0.1, 0.15) is 46.3 Å². The Morgan fingerprint density at radius 2 is 1.55 bits per heavy atom. The molecule has 0 atom stereocenters. The molecule has 31 heavy (non-hydrogen) atoms. The summed E-state index contributed by atoms with van der Waals surface area (Å²) in [6.07, 6.45) is 2.57. The number of carboxylic acids is 1. The highest BCUT2D eigenvalue weighted by molar-refractivity contribution is 7.92. The molecule has 0 spiro atoms. The van der Waals surface area contributed by atoms with E-state index in [-0.39, 0.29) is 21.0 Å². The molecular formula is C21H26N2O6S2. The highest BCUT2D eigenvalue weighted by atomic mass is 32.2. The molecule has 2 aromatic carbocycles. The number of piperidine rings is 1. The number of aromatic carboxylic acids is 1. The van der Waals surface area contributed by atoms with Crippen molar-refractivity contribution in [2.45, 2.75) is 49.8 Å². The topological polar surface area (TPSA) is 121 Å². The SMILES string of the molecule is Cc1ccc(NS(=O)(=O)c2cc(C(=O)O)cc(C)c2C)cc1S(=O)(=O)N1CCCCC1. The number of hydrogen-bond donors (Lipinski definition) is 2. The van der Waals surface area contributed by atoms with Crippen LogP contribution in [0.25, 0.3) is 0 Å². The molecule has 2 N–H and O–H groups in total. The Kier molecular flexibility index (Phi) is 6.45. The van der Waals surface area contributed by atoms with E-state index in [1.165, 1.54) is 22.5 Å². The quantitative estimate of drug-likeness (QED) is 0.674. The Morgan fingerprint density at radius 3 is 2.16 bits per heavy atom. The lowest BCUT2D eigenvalue weighted by molar-refractivity contribution is 0.0696.